The number of aromatic nitrogens is 2. The van der Waals surface area contributed by atoms with E-state index in [1.165, 1.54) is 0 Å². The summed E-state index contributed by atoms with van der Waals surface area (Å²) in [4.78, 5) is 8.55. The zero-order valence-electron chi connectivity index (χ0n) is 6.38. The second-order valence-electron chi connectivity index (χ2n) is 2.70. The average Bonchev–Trinajstić information content (AvgIpc) is 2.28. The van der Waals surface area contributed by atoms with Crippen LogP contribution in [0.1, 0.15) is 11.4 Å². The van der Waals surface area contributed by atoms with Gasteiger partial charge in [-0.3, -0.25) is 9.97 Å². The molecule has 0 atom stereocenters. The quantitative estimate of drug-likeness (QED) is 0.571. The molecule has 0 radical (unpaired) electrons. The summed E-state index contributed by atoms with van der Waals surface area (Å²) in [5.41, 5.74) is 2.33. The first kappa shape index (κ1) is 6.73. The minimum atomic E-state index is 1.02. The lowest BCUT2D eigenvalue weighted by Gasteiger charge is -1.99. The van der Waals surface area contributed by atoms with Crippen molar-refractivity contribution in [2.45, 2.75) is 12.8 Å². The van der Waals surface area contributed by atoms with Crippen molar-refractivity contribution in [3.8, 4) is 0 Å². The van der Waals surface area contributed by atoms with E-state index >= 15 is 0 Å². The van der Waals surface area contributed by atoms with Gasteiger partial charge in [-0.15, -0.1) is 0 Å². The van der Waals surface area contributed by atoms with Gasteiger partial charge in [-0.2, -0.15) is 0 Å². The Balaban J connectivity index is 2.33. The molecular formula is C8H11N3. The van der Waals surface area contributed by atoms with Crippen LogP contribution in [0.4, 0.5) is 0 Å². The molecule has 0 spiro atoms. The summed E-state index contributed by atoms with van der Waals surface area (Å²) in [6, 6.07) is 0. The molecule has 1 aliphatic rings. The van der Waals surface area contributed by atoms with E-state index in [1.54, 1.807) is 12.4 Å². The highest BCUT2D eigenvalue weighted by Crippen LogP contribution is 2.04. The van der Waals surface area contributed by atoms with Crippen LogP contribution in [0.15, 0.2) is 12.4 Å². The minimum absolute atomic E-state index is 1.02. The molecule has 2 rings (SSSR count). The van der Waals surface area contributed by atoms with Crippen LogP contribution >= 0.6 is 0 Å². The van der Waals surface area contributed by atoms with E-state index in [0.717, 1.165) is 37.3 Å². The van der Waals surface area contributed by atoms with Gasteiger partial charge in [0.1, 0.15) is 0 Å². The van der Waals surface area contributed by atoms with Crippen molar-refractivity contribution in [2.24, 2.45) is 0 Å². The molecule has 1 aliphatic heterocycles. The predicted octanol–water partition coefficient (Wildman–Crippen LogP) is 0.165. The summed E-state index contributed by atoms with van der Waals surface area (Å²) in [6.45, 7) is 2.07. The van der Waals surface area contributed by atoms with E-state index in [-0.39, 0.29) is 0 Å². The standard InChI is InChI=1S/C8H11N3/c1-3-9-4-2-8-7(1)10-5-6-11-8/h5-6,9H,1-4H2. The zero-order chi connectivity index (χ0) is 7.52. The van der Waals surface area contributed by atoms with Crippen molar-refractivity contribution in [3.63, 3.8) is 0 Å². The highest BCUT2D eigenvalue weighted by Gasteiger charge is 2.07. The molecule has 3 heteroatoms. The molecule has 2 heterocycles. The number of hydrogen-bond donors (Lipinski definition) is 1. The molecule has 0 fully saturated rings. The molecular weight excluding hydrogens is 138 g/mol. The lowest BCUT2D eigenvalue weighted by molar-refractivity contribution is 0.706. The normalized spacial score (nSPS) is 17.1. The molecule has 1 N–H and O–H groups in total. The van der Waals surface area contributed by atoms with Crippen molar-refractivity contribution in [1.29, 1.82) is 0 Å². The van der Waals surface area contributed by atoms with E-state index in [9.17, 15) is 0 Å². The van der Waals surface area contributed by atoms with Crippen molar-refractivity contribution in [2.75, 3.05) is 13.1 Å². The molecule has 0 saturated heterocycles. The SMILES string of the molecule is c1cnc2c(n1)CCNCC2. The number of nitrogens with zero attached hydrogens (tertiary/aromatic N) is 2. The monoisotopic (exact) mass is 149 g/mol. The van der Waals surface area contributed by atoms with Gasteiger partial charge < -0.3 is 5.32 Å². The Bertz CT molecular complexity index is 222. The summed E-state index contributed by atoms with van der Waals surface area (Å²) in [7, 11) is 0. The van der Waals surface area contributed by atoms with Crippen LogP contribution in [0.25, 0.3) is 0 Å². The average molecular weight is 149 g/mol. The smallest absolute Gasteiger partial charge is 0.0631 e. The van der Waals surface area contributed by atoms with Gasteiger partial charge in [-0.05, 0) is 0 Å². The Kier molecular flexibility index (Phi) is 1.81. The second-order valence-corrected chi connectivity index (χ2v) is 2.70. The molecule has 11 heavy (non-hydrogen) atoms. The number of fused-ring (bicyclic) bond motifs is 1. The second kappa shape index (κ2) is 2.96. The van der Waals surface area contributed by atoms with Crippen LogP contribution < -0.4 is 5.32 Å². The van der Waals surface area contributed by atoms with Crippen LogP contribution in [0.5, 0.6) is 0 Å². The fourth-order valence-electron chi connectivity index (χ4n) is 1.35. The maximum absolute atomic E-state index is 4.28. The van der Waals surface area contributed by atoms with E-state index in [0.29, 0.717) is 0 Å². The van der Waals surface area contributed by atoms with Gasteiger partial charge in [-0.1, -0.05) is 0 Å². The predicted molar refractivity (Wildman–Crippen MR) is 42.3 cm³/mol. The maximum Gasteiger partial charge on any atom is 0.0631 e. The lowest BCUT2D eigenvalue weighted by atomic mass is 10.2. The van der Waals surface area contributed by atoms with E-state index < -0.39 is 0 Å². The van der Waals surface area contributed by atoms with E-state index in [4.69, 9.17) is 0 Å². The summed E-state index contributed by atoms with van der Waals surface area (Å²) in [5.74, 6) is 0. The highest BCUT2D eigenvalue weighted by molar-refractivity contribution is 5.12. The molecule has 0 unspecified atom stereocenters. The van der Waals surface area contributed by atoms with E-state index in [1.807, 2.05) is 0 Å². The molecule has 0 amide bonds. The molecule has 3 nitrogen and oxygen atoms in total. The molecule has 1 aromatic rings. The van der Waals surface area contributed by atoms with Crippen LogP contribution in [0, 0.1) is 0 Å². The molecule has 1 aromatic heterocycles. The maximum atomic E-state index is 4.28. The third-order valence-electron chi connectivity index (χ3n) is 1.94. The Morgan fingerprint density at radius 2 is 1.55 bits per heavy atom. The number of hydrogen-bond acceptors (Lipinski definition) is 3. The van der Waals surface area contributed by atoms with Gasteiger partial charge >= 0.3 is 0 Å². The van der Waals surface area contributed by atoms with Gasteiger partial charge in [0.05, 0.1) is 11.4 Å². The highest BCUT2D eigenvalue weighted by atomic mass is 14.9. The van der Waals surface area contributed by atoms with Gasteiger partial charge in [0.15, 0.2) is 0 Å². The molecule has 0 aromatic carbocycles. The summed E-state index contributed by atoms with van der Waals surface area (Å²) >= 11 is 0. The number of nitrogens with one attached hydrogen (secondary N) is 1. The fraction of sp³-hybridized carbons (Fsp3) is 0.500. The number of rotatable bonds is 0. The molecule has 58 valence electrons. The fourth-order valence-corrected chi connectivity index (χ4v) is 1.35. The Hall–Kier alpha value is -0.960. The first-order valence-corrected chi connectivity index (χ1v) is 3.96. The van der Waals surface area contributed by atoms with Crippen molar-refractivity contribution in [3.05, 3.63) is 23.8 Å². The van der Waals surface area contributed by atoms with Crippen molar-refractivity contribution in [1.82, 2.24) is 15.3 Å². The third-order valence-corrected chi connectivity index (χ3v) is 1.94. The molecule has 0 bridgehead atoms. The Labute approximate surface area is 65.9 Å². The van der Waals surface area contributed by atoms with Gasteiger partial charge in [0, 0.05) is 38.3 Å². The minimum Gasteiger partial charge on any atom is -0.316 e. The first-order valence-electron chi connectivity index (χ1n) is 3.96. The molecule has 0 saturated carbocycles. The van der Waals surface area contributed by atoms with Crippen LogP contribution in [-0.2, 0) is 12.8 Å². The lowest BCUT2D eigenvalue weighted by Crippen LogP contribution is -2.16. The van der Waals surface area contributed by atoms with Crippen LogP contribution in [-0.4, -0.2) is 23.1 Å². The molecule has 0 aliphatic carbocycles. The van der Waals surface area contributed by atoms with Crippen LogP contribution in [0.3, 0.4) is 0 Å². The summed E-state index contributed by atoms with van der Waals surface area (Å²) in [5, 5.41) is 3.31. The van der Waals surface area contributed by atoms with Gasteiger partial charge in [0.2, 0.25) is 0 Å². The van der Waals surface area contributed by atoms with Crippen molar-refractivity contribution < 1.29 is 0 Å². The first-order chi connectivity index (χ1) is 5.47. The summed E-state index contributed by atoms with van der Waals surface area (Å²) < 4.78 is 0. The van der Waals surface area contributed by atoms with E-state index in [2.05, 4.69) is 15.3 Å². The van der Waals surface area contributed by atoms with Crippen LogP contribution in [0.2, 0.25) is 0 Å². The van der Waals surface area contributed by atoms with Gasteiger partial charge in [0.25, 0.3) is 0 Å². The van der Waals surface area contributed by atoms with Crippen molar-refractivity contribution >= 4 is 0 Å². The van der Waals surface area contributed by atoms with Gasteiger partial charge in [-0.25, -0.2) is 0 Å². The Morgan fingerprint density at radius 3 is 2.09 bits per heavy atom. The zero-order valence-corrected chi connectivity index (χ0v) is 6.38. The largest absolute Gasteiger partial charge is 0.316 e. The Morgan fingerprint density at radius 1 is 1.00 bits per heavy atom. The third kappa shape index (κ3) is 1.38. The topological polar surface area (TPSA) is 37.8 Å². The summed E-state index contributed by atoms with van der Waals surface area (Å²) in [6.07, 6.45) is 5.57.